The number of amides is 4. The minimum Gasteiger partial charge on any atom is -0.493 e. The highest BCUT2D eigenvalue weighted by Gasteiger charge is 2.54. The number of nitrogens with zero attached hydrogens (tertiary/aromatic N) is 6. The number of ether oxygens (including phenoxy) is 1. The van der Waals surface area contributed by atoms with Crippen LogP contribution in [0.4, 0.5) is 16.6 Å². The summed E-state index contributed by atoms with van der Waals surface area (Å²) in [7, 11) is 1.81. The van der Waals surface area contributed by atoms with Gasteiger partial charge in [-0.3, -0.25) is 39.4 Å². The Balaban J connectivity index is 0.679. The Hall–Kier alpha value is -7.50. The third-order valence-electron chi connectivity index (χ3n) is 15.0. The lowest BCUT2D eigenvalue weighted by Gasteiger charge is -2.32. The normalized spacial score (nSPS) is 18.6. The molecule has 1 spiro atoms. The number of para-hydroxylation sites is 1. The Kier molecular flexibility index (Phi) is 12.1. The summed E-state index contributed by atoms with van der Waals surface area (Å²) in [5.41, 5.74) is 7.75. The summed E-state index contributed by atoms with van der Waals surface area (Å²) in [4.78, 5) is 77.5. The van der Waals surface area contributed by atoms with Gasteiger partial charge in [-0.25, -0.2) is 14.8 Å². The molecule has 4 N–H and O–H groups in total. The molecule has 16 nitrogen and oxygen atoms in total. The summed E-state index contributed by atoms with van der Waals surface area (Å²) < 4.78 is 9.12. The van der Waals surface area contributed by atoms with Crippen LogP contribution in [0.15, 0.2) is 91.0 Å². The van der Waals surface area contributed by atoms with Crippen molar-refractivity contribution >= 4 is 78.7 Å². The molecule has 71 heavy (non-hydrogen) atoms. The number of aryl methyl sites for hydroxylation is 1. The van der Waals surface area contributed by atoms with Gasteiger partial charge in [-0.1, -0.05) is 47.7 Å². The molecule has 7 aromatic rings. The molecule has 3 aromatic heterocycles. The molecule has 2 atom stereocenters. The molecule has 4 amide bonds. The van der Waals surface area contributed by atoms with Crippen LogP contribution >= 0.6 is 11.3 Å². The van der Waals surface area contributed by atoms with E-state index in [9.17, 15) is 29.1 Å². The maximum Gasteiger partial charge on any atom is 0.355 e. The number of carbonyl (C=O) groups excluding carboxylic acids is 4. The van der Waals surface area contributed by atoms with Crippen LogP contribution in [-0.4, -0.2) is 92.1 Å². The number of pyridine rings is 1. The zero-order valence-electron chi connectivity index (χ0n) is 39.5. The van der Waals surface area contributed by atoms with E-state index in [0.29, 0.717) is 84.2 Å². The summed E-state index contributed by atoms with van der Waals surface area (Å²) in [6.45, 7) is 5.49. The zero-order chi connectivity index (χ0) is 49.0. The van der Waals surface area contributed by atoms with Gasteiger partial charge in [0.15, 0.2) is 10.8 Å². The van der Waals surface area contributed by atoms with Crippen LogP contribution in [0.2, 0.25) is 0 Å². The highest BCUT2D eigenvalue weighted by Crippen LogP contribution is 2.61. The summed E-state index contributed by atoms with van der Waals surface area (Å²) in [5.74, 6) is -0.760. The number of anilines is 3. The number of imide groups is 1. The van der Waals surface area contributed by atoms with Crippen LogP contribution in [0.25, 0.3) is 32.2 Å². The first-order valence-corrected chi connectivity index (χ1v) is 25.0. The molecule has 1 saturated carbocycles. The number of hydrogen-bond donors (Lipinski definition) is 4. The highest BCUT2D eigenvalue weighted by molar-refractivity contribution is 7.22. The second-order valence-electron chi connectivity index (χ2n) is 19.3. The molecule has 0 bridgehead atoms. The van der Waals surface area contributed by atoms with Crippen molar-refractivity contribution in [1.82, 2.24) is 30.0 Å². The molecular formula is C54H53N9O7S. The number of aromatic carboxylic acids is 1. The Morgan fingerprint density at radius 1 is 0.915 bits per heavy atom. The van der Waals surface area contributed by atoms with Crippen LogP contribution in [0.3, 0.4) is 0 Å². The second kappa shape index (κ2) is 18.7. The number of carboxylic acid groups (broad SMARTS) is 1. The third-order valence-corrected chi connectivity index (χ3v) is 16.0. The summed E-state index contributed by atoms with van der Waals surface area (Å²) >= 11 is 1.43. The molecule has 17 heteroatoms. The first-order valence-electron chi connectivity index (χ1n) is 24.2. The summed E-state index contributed by atoms with van der Waals surface area (Å²) in [6, 6.07) is 28.5. The summed E-state index contributed by atoms with van der Waals surface area (Å²) in [6.07, 6.45) is 5.47. The van der Waals surface area contributed by atoms with Crippen molar-refractivity contribution in [2.24, 2.45) is 18.4 Å². The van der Waals surface area contributed by atoms with Crippen LogP contribution in [0.1, 0.15) is 87.7 Å². The van der Waals surface area contributed by atoms with Gasteiger partial charge in [0.25, 0.3) is 5.91 Å². The maximum atomic E-state index is 13.6. The number of benzene rings is 4. The van der Waals surface area contributed by atoms with E-state index in [1.54, 1.807) is 4.68 Å². The molecule has 3 aliphatic heterocycles. The van der Waals surface area contributed by atoms with Gasteiger partial charge in [-0.2, -0.15) is 5.10 Å². The summed E-state index contributed by atoms with van der Waals surface area (Å²) in [5, 5.41) is 24.9. The number of hydrogen-bond acceptors (Lipinski definition) is 12. The molecule has 6 heterocycles. The number of piperidine rings is 2. The van der Waals surface area contributed by atoms with Crippen molar-refractivity contribution in [2.75, 3.05) is 48.3 Å². The SMILES string of the molecule is Cc1c(OCCC2CC23CCN(CC(=O)Nc2ccc4c(C5CCC(=O)NC5=O)nn(C)c4c2)CC3)cccc1-c1ccc(N2CCc3cccc(C(=O)Nc4nc5ccccc5s4)c3C2)nc1C(=O)O. The molecular weight excluding hydrogens is 919 g/mol. The van der Waals surface area contributed by atoms with Gasteiger partial charge in [-0.15, -0.1) is 0 Å². The number of carboxylic acids is 1. The average Bonchev–Trinajstić information content (AvgIpc) is 3.68. The van der Waals surface area contributed by atoms with Crippen LogP contribution in [-0.2, 0) is 34.4 Å². The number of aromatic nitrogens is 4. The van der Waals surface area contributed by atoms with E-state index in [1.165, 1.54) is 11.3 Å². The molecule has 3 fully saturated rings. The van der Waals surface area contributed by atoms with Crippen LogP contribution in [0.5, 0.6) is 5.75 Å². The molecule has 11 rings (SSSR count). The number of rotatable bonds is 13. The Morgan fingerprint density at radius 3 is 2.56 bits per heavy atom. The molecule has 1 aliphatic carbocycles. The quantitative estimate of drug-likeness (QED) is 0.0811. The van der Waals surface area contributed by atoms with Gasteiger partial charge in [0.1, 0.15) is 11.6 Å². The first-order chi connectivity index (χ1) is 34.4. The van der Waals surface area contributed by atoms with E-state index in [-0.39, 0.29) is 41.2 Å². The fraction of sp³-hybridized carbons (Fsp3) is 0.333. The molecule has 2 unspecified atom stereocenters. The van der Waals surface area contributed by atoms with Crippen molar-refractivity contribution in [3.8, 4) is 16.9 Å². The van der Waals surface area contributed by atoms with E-state index in [0.717, 1.165) is 82.1 Å². The molecule has 4 aliphatic rings. The smallest absolute Gasteiger partial charge is 0.355 e. The maximum absolute atomic E-state index is 13.6. The minimum atomic E-state index is -1.13. The topological polar surface area (TPSA) is 201 Å². The van der Waals surface area contributed by atoms with Gasteiger partial charge in [0.2, 0.25) is 17.7 Å². The zero-order valence-corrected chi connectivity index (χ0v) is 40.3. The van der Waals surface area contributed by atoms with Crippen LogP contribution < -0.4 is 25.6 Å². The lowest BCUT2D eigenvalue weighted by molar-refractivity contribution is -0.134. The van der Waals surface area contributed by atoms with Gasteiger partial charge >= 0.3 is 5.97 Å². The van der Waals surface area contributed by atoms with Crippen molar-refractivity contribution in [1.29, 1.82) is 0 Å². The van der Waals surface area contributed by atoms with Crippen molar-refractivity contribution in [3.05, 3.63) is 125 Å². The average molecular weight is 972 g/mol. The fourth-order valence-electron chi connectivity index (χ4n) is 11.0. The van der Waals surface area contributed by atoms with E-state index < -0.39 is 11.9 Å². The minimum absolute atomic E-state index is 0.0487. The monoisotopic (exact) mass is 971 g/mol. The number of carbonyl (C=O) groups is 5. The predicted octanol–water partition coefficient (Wildman–Crippen LogP) is 8.10. The van der Waals surface area contributed by atoms with Crippen molar-refractivity contribution < 1.29 is 33.8 Å². The van der Waals surface area contributed by atoms with E-state index in [1.807, 2.05) is 110 Å². The van der Waals surface area contributed by atoms with Crippen molar-refractivity contribution in [3.63, 3.8) is 0 Å². The fourth-order valence-corrected chi connectivity index (χ4v) is 11.9. The lowest BCUT2D eigenvalue weighted by Crippen LogP contribution is -2.40. The first kappa shape index (κ1) is 45.9. The molecule has 2 saturated heterocycles. The Morgan fingerprint density at radius 2 is 1.75 bits per heavy atom. The third kappa shape index (κ3) is 9.11. The van der Waals surface area contributed by atoms with Crippen LogP contribution in [0, 0.1) is 18.3 Å². The highest BCUT2D eigenvalue weighted by atomic mass is 32.1. The number of nitrogens with one attached hydrogen (secondary N) is 3. The number of fused-ring (bicyclic) bond motifs is 3. The van der Waals surface area contributed by atoms with Gasteiger partial charge in [-0.05, 0) is 147 Å². The van der Waals surface area contributed by atoms with Gasteiger partial charge in [0, 0.05) is 48.8 Å². The Bertz CT molecular complexity index is 3270. The van der Waals surface area contributed by atoms with E-state index in [4.69, 9.17) is 9.72 Å². The molecule has 4 aromatic carbocycles. The number of thiazole rings is 1. The second-order valence-corrected chi connectivity index (χ2v) is 20.4. The standard InChI is InChI=1S/C54H53N9O7S/c1-31-35(36-15-17-45(57-49(36)52(68)69)63-23-19-32-7-5-9-37(40(32)29-63)50(66)59-53-56-41-10-3-4-12-44(41)71-53)8-6-11-43(31)70-26-20-33-28-54(33)21-24-62(25-22-54)30-47(65)55-34-13-14-38-42(27-34)61(2)60-48(38)39-16-18-46(64)58-51(39)67/h3-15,17,27,33,39H,16,18-26,28-30H2,1-2H3,(H,55,65)(H,68,69)(H,56,59,66)(H,58,64,67). The molecule has 362 valence electrons. The largest absolute Gasteiger partial charge is 0.493 e. The number of likely N-dealkylation sites (tertiary alicyclic amines) is 1. The lowest BCUT2D eigenvalue weighted by atomic mass is 9.90. The van der Waals surface area contributed by atoms with E-state index >= 15 is 0 Å². The van der Waals surface area contributed by atoms with Crippen molar-refractivity contribution in [2.45, 2.75) is 64.3 Å². The van der Waals surface area contributed by atoms with E-state index in [2.05, 4.69) is 30.9 Å². The Labute approximate surface area is 413 Å². The predicted molar refractivity (Wildman–Crippen MR) is 271 cm³/mol. The van der Waals surface area contributed by atoms with Gasteiger partial charge in [0.05, 0.1) is 40.5 Å². The van der Waals surface area contributed by atoms with Gasteiger partial charge < -0.3 is 20.1 Å². The molecule has 0 radical (unpaired) electrons.